The normalized spacial score (nSPS) is 12.2. The number of aryl methyl sites for hydroxylation is 1. The van der Waals surface area contributed by atoms with Crippen LogP contribution in [0.1, 0.15) is 19.7 Å². The molecule has 2 rings (SSSR count). The van der Waals surface area contributed by atoms with Crippen LogP contribution in [0.25, 0.3) is 0 Å². The number of benzene rings is 1. The highest BCUT2D eigenvalue weighted by atomic mass is 127. The highest BCUT2D eigenvalue weighted by molar-refractivity contribution is 14.0. The Bertz CT molecular complexity index is 678. The zero-order valence-electron chi connectivity index (χ0n) is 14.6. The van der Waals surface area contributed by atoms with E-state index in [0.29, 0.717) is 19.0 Å². The van der Waals surface area contributed by atoms with Crippen molar-refractivity contribution in [2.45, 2.75) is 26.5 Å². The van der Waals surface area contributed by atoms with Crippen molar-refractivity contribution in [2.75, 3.05) is 13.1 Å². The molecule has 0 aliphatic rings. The van der Waals surface area contributed by atoms with E-state index in [1.54, 1.807) is 24.5 Å². The molecule has 25 heavy (non-hydrogen) atoms. The fourth-order valence-corrected chi connectivity index (χ4v) is 1.98. The molecule has 0 saturated carbocycles. The van der Waals surface area contributed by atoms with Crippen LogP contribution in [0, 0.1) is 5.82 Å². The third kappa shape index (κ3) is 6.85. The summed E-state index contributed by atoms with van der Waals surface area (Å²) in [6, 6.07) is 6.36. The van der Waals surface area contributed by atoms with Gasteiger partial charge in [0.05, 0.1) is 6.54 Å². The summed E-state index contributed by atoms with van der Waals surface area (Å²) in [5.74, 6) is 1.28. The quantitative estimate of drug-likeness (QED) is 0.375. The van der Waals surface area contributed by atoms with Gasteiger partial charge in [-0.15, -0.1) is 34.2 Å². The van der Waals surface area contributed by atoms with Gasteiger partial charge < -0.3 is 19.9 Å². The van der Waals surface area contributed by atoms with Crippen molar-refractivity contribution in [3.63, 3.8) is 0 Å². The van der Waals surface area contributed by atoms with E-state index in [-0.39, 0.29) is 41.6 Å². The van der Waals surface area contributed by atoms with Crippen LogP contribution in [0.4, 0.5) is 4.39 Å². The van der Waals surface area contributed by atoms with E-state index >= 15 is 0 Å². The smallest absolute Gasteiger partial charge is 0.191 e. The van der Waals surface area contributed by atoms with Gasteiger partial charge in [-0.2, -0.15) is 0 Å². The van der Waals surface area contributed by atoms with Gasteiger partial charge in [-0.1, -0.05) is 12.1 Å². The molecule has 0 spiro atoms. The number of nitrogens with one attached hydrogen (secondary N) is 2. The highest BCUT2D eigenvalue weighted by Crippen LogP contribution is 2.16. The molecule has 0 saturated heterocycles. The van der Waals surface area contributed by atoms with Gasteiger partial charge in [-0.25, -0.2) is 9.38 Å². The summed E-state index contributed by atoms with van der Waals surface area (Å²) in [4.78, 5) is 4.45. The molecular weight excluding hydrogens is 438 g/mol. The van der Waals surface area contributed by atoms with Gasteiger partial charge in [0, 0.05) is 13.6 Å². The number of nitrogens with zero attached hydrogens (tertiary/aromatic N) is 4. The van der Waals surface area contributed by atoms with Gasteiger partial charge in [0.2, 0.25) is 0 Å². The predicted molar refractivity (Wildman–Crippen MR) is 106 cm³/mol. The zero-order chi connectivity index (χ0) is 17.4. The second-order valence-electron chi connectivity index (χ2n) is 5.29. The van der Waals surface area contributed by atoms with E-state index in [9.17, 15) is 4.39 Å². The molecular formula is C16H24FIN6O. The monoisotopic (exact) mass is 462 g/mol. The SMILES string of the molecule is CCNC(=NCc1nncn1C)NCC(C)Oc1ccccc1F.I. The molecule has 1 atom stereocenters. The van der Waals surface area contributed by atoms with Crippen LogP contribution in [0.5, 0.6) is 5.75 Å². The number of ether oxygens (including phenoxy) is 1. The summed E-state index contributed by atoms with van der Waals surface area (Å²) in [6.45, 7) is 5.48. The minimum atomic E-state index is -0.368. The molecule has 0 aliphatic carbocycles. The Labute approximate surface area is 164 Å². The third-order valence-corrected chi connectivity index (χ3v) is 3.25. The lowest BCUT2D eigenvalue weighted by Crippen LogP contribution is -2.41. The molecule has 1 heterocycles. The molecule has 1 aromatic carbocycles. The van der Waals surface area contributed by atoms with E-state index in [4.69, 9.17) is 4.74 Å². The molecule has 0 amide bonds. The maximum atomic E-state index is 13.6. The number of aromatic nitrogens is 3. The van der Waals surface area contributed by atoms with E-state index in [1.807, 2.05) is 25.5 Å². The number of halogens is 2. The van der Waals surface area contributed by atoms with Crippen LogP contribution in [-0.4, -0.2) is 39.9 Å². The van der Waals surface area contributed by atoms with Crippen LogP contribution in [0.15, 0.2) is 35.6 Å². The lowest BCUT2D eigenvalue weighted by atomic mass is 10.3. The van der Waals surface area contributed by atoms with Crippen molar-refractivity contribution in [3.8, 4) is 5.75 Å². The van der Waals surface area contributed by atoms with Crippen molar-refractivity contribution < 1.29 is 9.13 Å². The Hall–Kier alpha value is -1.91. The summed E-state index contributed by atoms with van der Waals surface area (Å²) in [7, 11) is 1.87. The van der Waals surface area contributed by atoms with Crippen LogP contribution in [0.3, 0.4) is 0 Å². The van der Waals surface area contributed by atoms with E-state index in [2.05, 4.69) is 25.8 Å². The fraction of sp³-hybridized carbons (Fsp3) is 0.438. The number of hydrogen-bond acceptors (Lipinski definition) is 4. The van der Waals surface area contributed by atoms with Crippen molar-refractivity contribution in [1.29, 1.82) is 0 Å². The van der Waals surface area contributed by atoms with Crippen LogP contribution >= 0.6 is 24.0 Å². The lowest BCUT2D eigenvalue weighted by Gasteiger charge is -2.18. The Kier molecular flexibility index (Phi) is 9.17. The number of para-hydroxylation sites is 1. The van der Waals surface area contributed by atoms with Crippen LogP contribution < -0.4 is 15.4 Å². The van der Waals surface area contributed by atoms with Crippen LogP contribution in [-0.2, 0) is 13.6 Å². The molecule has 2 aromatic rings. The number of aliphatic imine (C=N–C) groups is 1. The second-order valence-corrected chi connectivity index (χ2v) is 5.29. The Balaban J connectivity index is 0.00000312. The standard InChI is InChI=1S/C16H23FN6O.HI/c1-4-18-16(20-10-15-22-21-11-23(15)3)19-9-12(2)24-14-8-6-5-7-13(14)17;/h5-8,11-12H,4,9-10H2,1-3H3,(H2,18,19,20);1H. The van der Waals surface area contributed by atoms with Gasteiger partial charge >= 0.3 is 0 Å². The third-order valence-electron chi connectivity index (χ3n) is 3.25. The molecule has 0 radical (unpaired) electrons. The summed E-state index contributed by atoms with van der Waals surface area (Å²) in [5.41, 5.74) is 0. The minimum Gasteiger partial charge on any atom is -0.486 e. The first-order valence-electron chi connectivity index (χ1n) is 7.86. The van der Waals surface area contributed by atoms with Crippen molar-refractivity contribution in [2.24, 2.45) is 12.0 Å². The minimum absolute atomic E-state index is 0. The highest BCUT2D eigenvalue weighted by Gasteiger charge is 2.09. The molecule has 138 valence electrons. The van der Waals surface area contributed by atoms with Gasteiger partial charge in [-0.05, 0) is 26.0 Å². The van der Waals surface area contributed by atoms with Crippen LogP contribution in [0.2, 0.25) is 0 Å². The summed E-state index contributed by atoms with van der Waals surface area (Å²) in [6.07, 6.45) is 1.41. The summed E-state index contributed by atoms with van der Waals surface area (Å²) in [5, 5.41) is 14.1. The maximum absolute atomic E-state index is 13.6. The Morgan fingerprint density at radius 1 is 1.36 bits per heavy atom. The molecule has 2 N–H and O–H groups in total. The fourth-order valence-electron chi connectivity index (χ4n) is 1.98. The predicted octanol–water partition coefficient (Wildman–Crippen LogP) is 2.09. The number of hydrogen-bond donors (Lipinski definition) is 2. The summed E-state index contributed by atoms with van der Waals surface area (Å²) >= 11 is 0. The summed E-state index contributed by atoms with van der Waals surface area (Å²) < 4.78 is 21.0. The molecule has 0 bridgehead atoms. The molecule has 7 nitrogen and oxygen atoms in total. The Morgan fingerprint density at radius 3 is 2.76 bits per heavy atom. The van der Waals surface area contributed by atoms with Gasteiger partial charge in [0.25, 0.3) is 0 Å². The molecule has 9 heteroatoms. The zero-order valence-corrected chi connectivity index (χ0v) is 16.9. The van der Waals surface area contributed by atoms with Gasteiger partial charge in [0.15, 0.2) is 23.4 Å². The average molecular weight is 462 g/mol. The first kappa shape index (κ1) is 21.1. The van der Waals surface area contributed by atoms with E-state index < -0.39 is 0 Å². The largest absolute Gasteiger partial charge is 0.486 e. The van der Waals surface area contributed by atoms with E-state index in [1.165, 1.54) is 6.07 Å². The first-order valence-corrected chi connectivity index (χ1v) is 7.86. The lowest BCUT2D eigenvalue weighted by molar-refractivity contribution is 0.214. The van der Waals surface area contributed by atoms with E-state index in [0.717, 1.165) is 12.4 Å². The topological polar surface area (TPSA) is 76.4 Å². The Morgan fingerprint density at radius 2 is 2.12 bits per heavy atom. The van der Waals surface area contributed by atoms with Crippen molar-refractivity contribution >= 4 is 29.9 Å². The molecule has 1 aromatic heterocycles. The van der Waals surface area contributed by atoms with Gasteiger partial charge in [-0.3, -0.25) is 0 Å². The molecule has 0 fully saturated rings. The number of guanidine groups is 1. The maximum Gasteiger partial charge on any atom is 0.191 e. The average Bonchev–Trinajstić information content (AvgIpc) is 2.97. The number of rotatable bonds is 7. The van der Waals surface area contributed by atoms with Crippen molar-refractivity contribution in [3.05, 3.63) is 42.2 Å². The van der Waals surface area contributed by atoms with Gasteiger partial charge in [0.1, 0.15) is 19.0 Å². The van der Waals surface area contributed by atoms with Crippen molar-refractivity contribution in [1.82, 2.24) is 25.4 Å². The molecule has 0 aliphatic heterocycles. The molecule has 1 unspecified atom stereocenters. The first-order chi connectivity index (χ1) is 11.6. The second kappa shape index (κ2) is 10.9.